The number of hydrogen-bond donors (Lipinski definition) is 1. The minimum absolute atomic E-state index is 0.0414. The average molecular weight is 342 g/mol. The lowest BCUT2D eigenvalue weighted by Gasteiger charge is -2.11. The summed E-state index contributed by atoms with van der Waals surface area (Å²) in [5.41, 5.74) is 3.80. The van der Waals surface area contributed by atoms with Gasteiger partial charge in [-0.1, -0.05) is 24.3 Å². The molecule has 0 aliphatic heterocycles. The highest BCUT2D eigenvalue weighted by atomic mass is 32.2. The van der Waals surface area contributed by atoms with Crippen molar-refractivity contribution in [3.63, 3.8) is 0 Å². The summed E-state index contributed by atoms with van der Waals surface area (Å²) >= 11 is 1.59. The van der Waals surface area contributed by atoms with Gasteiger partial charge in [-0.2, -0.15) is 0 Å². The van der Waals surface area contributed by atoms with Crippen LogP contribution in [-0.2, 0) is 10.5 Å². The molecule has 0 heterocycles. The first-order chi connectivity index (χ1) is 11.5. The number of benzene rings is 2. The summed E-state index contributed by atoms with van der Waals surface area (Å²) < 4.78 is 0. The number of carbonyl (C=O) groups is 2. The molecule has 0 fully saturated rings. The molecule has 0 unspecified atom stereocenters. The van der Waals surface area contributed by atoms with Crippen LogP contribution in [0.25, 0.3) is 0 Å². The molecular weight excluding hydrogens is 320 g/mol. The Kier molecular flexibility index (Phi) is 6.44. The molecule has 0 saturated carbocycles. The summed E-state index contributed by atoms with van der Waals surface area (Å²) in [7, 11) is 3.42. The lowest BCUT2D eigenvalue weighted by Crippen LogP contribution is -2.21. The summed E-state index contributed by atoms with van der Waals surface area (Å²) in [5, 5.41) is 2.85. The first-order valence-corrected chi connectivity index (χ1v) is 8.86. The summed E-state index contributed by atoms with van der Waals surface area (Å²) in [5.74, 6) is 1.12. The van der Waals surface area contributed by atoms with Crippen molar-refractivity contribution < 1.29 is 9.59 Å². The lowest BCUT2D eigenvalue weighted by atomic mass is 10.1. The van der Waals surface area contributed by atoms with Gasteiger partial charge in [-0.25, -0.2) is 0 Å². The van der Waals surface area contributed by atoms with E-state index in [0.29, 0.717) is 17.0 Å². The zero-order valence-corrected chi connectivity index (χ0v) is 15.0. The van der Waals surface area contributed by atoms with E-state index in [9.17, 15) is 9.59 Å². The molecule has 2 rings (SSSR count). The van der Waals surface area contributed by atoms with Gasteiger partial charge in [0, 0.05) is 31.1 Å². The number of thioether (sulfide) groups is 1. The van der Waals surface area contributed by atoms with Crippen LogP contribution in [0.4, 0.5) is 5.69 Å². The molecule has 24 heavy (non-hydrogen) atoms. The van der Waals surface area contributed by atoms with Crippen molar-refractivity contribution in [2.45, 2.75) is 12.7 Å². The first kappa shape index (κ1) is 18.1. The Hall–Kier alpha value is -2.27. The minimum Gasteiger partial charge on any atom is -0.345 e. The highest BCUT2D eigenvalue weighted by molar-refractivity contribution is 7.99. The zero-order valence-electron chi connectivity index (χ0n) is 14.2. The molecule has 4 nitrogen and oxygen atoms in total. The van der Waals surface area contributed by atoms with Crippen molar-refractivity contribution >= 4 is 29.3 Å². The second kappa shape index (κ2) is 8.55. The molecule has 0 aromatic heterocycles. The van der Waals surface area contributed by atoms with Crippen molar-refractivity contribution in [1.82, 2.24) is 4.90 Å². The van der Waals surface area contributed by atoms with Crippen LogP contribution in [0.2, 0.25) is 0 Å². The quantitative estimate of drug-likeness (QED) is 0.873. The molecule has 126 valence electrons. The molecule has 0 aliphatic rings. The van der Waals surface area contributed by atoms with Crippen LogP contribution in [0, 0.1) is 6.92 Å². The van der Waals surface area contributed by atoms with Gasteiger partial charge in [0.2, 0.25) is 5.91 Å². The summed E-state index contributed by atoms with van der Waals surface area (Å²) in [4.78, 5) is 25.3. The summed E-state index contributed by atoms with van der Waals surface area (Å²) in [6.45, 7) is 2.08. The van der Waals surface area contributed by atoms with Gasteiger partial charge in [-0.15, -0.1) is 11.8 Å². The zero-order chi connectivity index (χ0) is 17.5. The number of carbonyl (C=O) groups excluding carboxylic acids is 2. The Morgan fingerprint density at radius 1 is 1.04 bits per heavy atom. The second-order valence-electron chi connectivity index (χ2n) is 5.74. The molecule has 0 saturated heterocycles. The van der Waals surface area contributed by atoms with Crippen LogP contribution in [0.1, 0.15) is 21.5 Å². The number of nitrogens with zero attached hydrogens (tertiary/aromatic N) is 1. The Labute approximate surface area is 147 Å². The van der Waals surface area contributed by atoms with E-state index in [1.807, 2.05) is 12.1 Å². The molecule has 5 heteroatoms. The van der Waals surface area contributed by atoms with Gasteiger partial charge in [-0.05, 0) is 42.3 Å². The molecule has 1 N–H and O–H groups in total. The first-order valence-electron chi connectivity index (χ1n) is 7.71. The third-order valence-corrected chi connectivity index (χ3v) is 4.56. The fourth-order valence-electron chi connectivity index (χ4n) is 2.18. The van der Waals surface area contributed by atoms with Crippen LogP contribution in [0.5, 0.6) is 0 Å². The number of anilines is 1. The Balaban J connectivity index is 1.82. The summed E-state index contributed by atoms with van der Waals surface area (Å²) in [6.07, 6.45) is 0. The van der Waals surface area contributed by atoms with E-state index in [2.05, 4.69) is 24.4 Å². The van der Waals surface area contributed by atoms with Crippen molar-refractivity contribution in [2.75, 3.05) is 25.2 Å². The average Bonchev–Trinajstić information content (AvgIpc) is 2.56. The van der Waals surface area contributed by atoms with E-state index in [1.165, 1.54) is 16.0 Å². The van der Waals surface area contributed by atoms with Gasteiger partial charge in [-0.3, -0.25) is 9.59 Å². The molecule has 2 aromatic carbocycles. The van der Waals surface area contributed by atoms with Gasteiger partial charge >= 0.3 is 0 Å². The maximum absolute atomic E-state index is 12.0. The van der Waals surface area contributed by atoms with Gasteiger partial charge < -0.3 is 10.2 Å². The predicted molar refractivity (Wildman–Crippen MR) is 100 cm³/mol. The Bertz CT molecular complexity index is 712. The maximum Gasteiger partial charge on any atom is 0.253 e. The maximum atomic E-state index is 12.0. The fourth-order valence-corrected chi connectivity index (χ4v) is 3.08. The lowest BCUT2D eigenvalue weighted by molar-refractivity contribution is -0.113. The van der Waals surface area contributed by atoms with E-state index in [0.717, 1.165) is 5.75 Å². The normalized spacial score (nSPS) is 10.3. The highest BCUT2D eigenvalue weighted by Gasteiger charge is 2.08. The fraction of sp³-hybridized carbons (Fsp3) is 0.263. The SMILES string of the molecule is Cc1ccccc1CSCC(=O)Nc1ccc(C(=O)N(C)C)cc1. The highest BCUT2D eigenvalue weighted by Crippen LogP contribution is 2.16. The molecule has 0 radical (unpaired) electrons. The molecular formula is C19H22N2O2S. The number of aryl methyl sites for hydroxylation is 1. The second-order valence-corrected chi connectivity index (χ2v) is 6.73. The molecule has 0 spiro atoms. The third kappa shape index (κ3) is 5.13. The van der Waals surface area contributed by atoms with E-state index in [-0.39, 0.29) is 11.8 Å². The van der Waals surface area contributed by atoms with Crippen molar-refractivity contribution in [2.24, 2.45) is 0 Å². The summed E-state index contributed by atoms with van der Waals surface area (Å²) in [6, 6.07) is 15.1. The van der Waals surface area contributed by atoms with Crippen LogP contribution in [-0.4, -0.2) is 36.6 Å². The van der Waals surface area contributed by atoms with Gasteiger partial charge in [0.15, 0.2) is 0 Å². The Morgan fingerprint density at radius 2 is 1.71 bits per heavy atom. The Morgan fingerprint density at radius 3 is 2.33 bits per heavy atom. The van der Waals surface area contributed by atoms with Crippen molar-refractivity contribution in [3.05, 3.63) is 65.2 Å². The third-order valence-electron chi connectivity index (χ3n) is 3.57. The molecule has 2 aromatic rings. The number of nitrogens with one attached hydrogen (secondary N) is 1. The van der Waals surface area contributed by atoms with Crippen LogP contribution >= 0.6 is 11.8 Å². The number of amides is 2. The molecule has 2 amide bonds. The van der Waals surface area contributed by atoms with Gasteiger partial charge in [0.05, 0.1) is 5.75 Å². The molecule has 0 aliphatic carbocycles. The standard InChI is InChI=1S/C19H22N2O2S/c1-14-6-4-5-7-16(14)12-24-13-18(22)20-17-10-8-15(9-11-17)19(23)21(2)3/h4-11H,12-13H2,1-3H3,(H,20,22). The number of hydrogen-bond acceptors (Lipinski definition) is 3. The van der Waals surface area contributed by atoms with E-state index in [4.69, 9.17) is 0 Å². The predicted octanol–water partition coefficient (Wildman–Crippen LogP) is 3.57. The van der Waals surface area contributed by atoms with Gasteiger partial charge in [0.1, 0.15) is 0 Å². The smallest absolute Gasteiger partial charge is 0.253 e. The van der Waals surface area contributed by atoms with Crippen LogP contribution < -0.4 is 5.32 Å². The molecule has 0 bridgehead atoms. The molecule has 0 atom stereocenters. The largest absolute Gasteiger partial charge is 0.345 e. The van der Waals surface area contributed by atoms with Crippen molar-refractivity contribution in [1.29, 1.82) is 0 Å². The van der Waals surface area contributed by atoms with Crippen LogP contribution in [0.3, 0.4) is 0 Å². The van der Waals surface area contributed by atoms with E-state index < -0.39 is 0 Å². The van der Waals surface area contributed by atoms with Crippen molar-refractivity contribution in [3.8, 4) is 0 Å². The van der Waals surface area contributed by atoms with Crippen LogP contribution in [0.15, 0.2) is 48.5 Å². The number of rotatable bonds is 6. The van der Waals surface area contributed by atoms with Gasteiger partial charge in [0.25, 0.3) is 5.91 Å². The minimum atomic E-state index is -0.0540. The van der Waals surface area contributed by atoms with E-state index >= 15 is 0 Å². The van der Waals surface area contributed by atoms with E-state index in [1.54, 1.807) is 50.1 Å². The topological polar surface area (TPSA) is 49.4 Å². The monoisotopic (exact) mass is 342 g/mol.